The summed E-state index contributed by atoms with van der Waals surface area (Å²) in [6, 6.07) is 24.0. The van der Waals surface area contributed by atoms with Gasteiger partial charge in [-0.3, -0.25) is 8.97 Å². The fraction of sp³-hybridized carbons (Fsp3) is 0. The van der Waals surface area contributed by atoms with Crippen molar-refractivity contribution in [3.8, 4) is 16.9 Å². The summed E-state index contributed by atoms with van der Waals surface area (Å²) in [4.78, 5) is 4.84. The number of rotatable bonds is 2. The fourth-order valence-corrected chi connectivity index (χ4v) is 3.59. The zero-order chi connectivity index (χ0) is 17.7. The molecule has 0 aliphatic heterocycles. The van der Waals surface area contributed by atoms with Crippen molar-refractivity contribution in [2.75, 3.05) is 0 Å². The van der Waals surface area contributed by atoms with Crippen LogP contribution in [0, 0.1) is 0 Å². The molecule has 0 saturated carbocycles. The van der Waals surface area contributed by atoms with Gasteiger partial charge in [-0.2, -0.15) is 0 Å². The van der Waals surface area contributed by atoms with E-state index >= 15 is 0 Å². The van der Waals surface area contributed by atoms with Gasteiger partial charge in [0, 0.05) is 11.8 Å². The number of para-hydroxylation sites is 2. The summed E-state index contributed by atoms with van der Waals surface area (Å²) in [6.45, 7) is 0. The van der Waals surface area contributed by atoms with Crippen LogP contribution in [0.15, 0.2) is 79.0 Å². The van der Waals surface area contributed by atoms with Crippen molar-refractivity contribution in [3.05, 3.63) is 89.0 Å². The van der Waals surface area contributed by atoms with Crippen LogP contribution in [0.4, 0.5) is 0 Å². The number of hydrogen-bond acceptors (Lipinski definition) is 1. The number of fused-ring (bicyclic) bond motifs is 3. The predicted molar refractivity (Wildman–Crippen MR) is 107 cm³/mol. The Kier molecular flexibility index (Phi) is 3.52. The largest absolute Gasteiger partial charge is 0.283 e. The summed E-state index contributed by atoms with van der Waals surface area (Å²) in [5.74, 6) is 0.837. The number of aromatic nitrogens is 3. The molecule has 0 amide bonds. The molecule has 3 nitrogen and oxygen atoms in total. The van der Waals surface area contributed by atoms with Crippen molar-refractivity contribution >= 4 is 40.0 Å². The van der Waals surface area contributed by atoms with E-state index in [1.54, 1.807) is 0 Å². The maximum absolute atomic E-state index is 6.29. The predicted octanol–water partition coefficient (Wildman–Crippen LogP) is 6.25. The van der Waals surface area contributed by atoms with E-state index in [0.717, 1.165) is 33.8 Å². The molecule has 0 atom stereocenters. The van der Waals surface area contributed by atoms with Gasteiger partial charge in [-0.25, -0.2) is 4.98 Å². The van der Waals surface area contributed by atoms with Gasteiger partial charge in [0.15, 0.2) is 0 Å². The lowest BCUT2D eigenvalue weighted by Crippen LogP contribution is -1.98. The number of benzene rings is 3. The second-order valence-electron chi connectivity index (χ2n) is 6.08. The molecule has 5 rings (SSSR count). The molecule has 5 aromatic rings. The Hall–Kier alpha value is -2.75. The molecular formula is C21H13Cl2N3. The third-order valence-electron chi connectivity index (χ3n) is 4.50. The molecule has 3 aromatic carbocycles. The Bertz CT molecular complexity index is 1250. The van der Waals surface area contributed by atoms with Crippen LogP contribution in [0.25, 0.3) is 33.8 Å². The molecule has 0 bridgehead atoms. The van der Waals surface area contributed by atoms with Crippen molar-refractivity contribution in [2.24, 2.45) is 0 Å². The second kappa shape index (κ2) is 5.90. The molecule has 126 valence electrons. The molecule has 5 heteroatoms. The van der Waals surface area contributed by atoms with Crippen LogP contribution < -0.4 is 0 Å². The van der Waals surface area contributed by atoms with Crippen LogP contribution in [0.1, 0.15) is 0 Å². The Morgan fingerprint density at radius 3 is 2.35 bits per heavy atom. The van der Waals surface area contributed by atoms with E-state index in [0.29, 0.717) is 10.0 Å². The molecule has 0 spiro atoms. The standard InChI is InChI=1S/C21H13Cl2N3/c22-16-11-10-15(12-17(16)23)26-20(14-6-2-1-3-7-14)13-25-19-9-5-4-8-18(19)24-21(25)26/h1-13H. The van der Waals surface area contributed by atoms with Crippen molar-refractivity contribution in [1.29, 1.82) is 0 Å². The highest BCUT2D eigenvalue weighted by Gasteiger charge is 2.17. The lowest BCUT2D eigenvalue weighted by Gasteiger charge is -2.10. The SMILES string of the molecule is Clc1ccc(-n2c(-c3ccccc3)cn3c4ccccc4nc23)cc1Cl. The third kappa shape index (κ3) is 2.32. The maximum atomic E-state index is 6.29. The Balaban J connectivity index is 1.89. The van der Waals surface area contributed by atoms with Crippen LogP contribution in [0.2, 0.25) is 10.0 Å². The van der Waals surface area contributed by atoms with E-state index in [4.69, 9.17) is 28.2 Å². The van der Waals surface area contributed by atoms with Gasteiger partial charge in [-0.1, -0.05) is 65.7 Å². The minimum atomic E-state index is 0.520. The molecule has 0 N–H and O–H groups in total. The van der Waals surface area contributed by atoms with Crippen LogP contribution >= 0.6 is 23.2 Å². The number of hydrogen-bond donors (Lipinski definition) is 0. The van der Waals surface area contributed by atoms with Gasteiger partial charge < -0.3 is 0 Å². The normalized spacial score (nSPS) is 11.5. The first kappa shape index (κ1) is 15.5. The number of halogens is 2. The molecule has 0 fully saturated rings. The summed E-state index contributed by atoms with van der Waals surface area (Å²) in [7, 11) is 0. The van der Waals surface area contributed by atoms with E-state index in [1.807, 2.05) is 54.6 Å². The molecular weight excluding hydrogens is 365 g/mol. The summed E-state index contributed by atoms with van der Waals surface area (Å²) >= 11 is 12.4. The summed E-state index contributed by atoms with van der Waals surface area (Å²) < 4.78 is 4.22. The molecule has 2 aromatic heterocycles. The van der Waals surface area contributed by atoms with E-state index in [2.05, 4.69) is 33.4 Å². The molecule has 0 saturated heterocycles. The third-order valence-corrected chi connectivity index (χ3v) is 5.24. The molecule has 0 aliphatic carbocycles. The van der Waals surface area contributed by atoms with E-state index in [1.165, 1.54) is 0 Å². The average Bonchev–Trinajstić information content (AvgIpc) is 3.21. The van der Waals surface area contributed by atoms with Crippen molar-refractivity contribution in [1.82, 2.24) is 14.0 Å². The van der Waals surface area contributed by atoms with Crippen molar-refractivity contribution < 1.29 is 0 Å². The highest BCUT2D eigenvalue weighted by atomic mass is 35.5. The van der Waals surface area contributed by atoms with Crippen molar-refractivity contribution in [2.45, 2.75) is 0 Å². The summed E-state index contributed by atoms with van der Waals surface area (Å²) in [5.41, 5.74) is 5.09. The van der Waals surface area contributed by atoms with Gasteiger partial charge >= 0.3 is 0 Å². The van der Waals surface area contributed by atoms with Crippen LogP contribution in [0.5, 0.6) is 0 Å². The summed E-state index contributed by atoms with van der Waals surface area (Å²) in [6.07, 6.45) is 2.11. The monoisotopic (exact) mass is 377 g/mol. The first-order valence-corrected chi connectivity index (χ1v) is 8.97. The number of nitrogens with zero attached hydrogens (tertiary/aromatic N) is 3. The molecule has 0 unspecified atom stereocenters. The van der Waals surface area contributed by atoms with Crippen LogP contribution in [0.3, 0.4) is 0 Å². The van der Waals surface area contributed by atoms with Gasteiger partial charge in [0.25, 0.3) is 0 Å². The van der Waals surface area contributed by atoms with Crippen LogP contribution in [-0.4, -0.2) is 14.0 Å². The van der Waals surface area contributed by atoms with Gasteiger partial charge in [-0.05, 0) is 30.3 Å². The second-order valence-corrected chi connectivity index (χ2v) is 6.90. The highest BCUT2D eigenvalue weighted by Crippen LogP contribution is 2.32. The molecule has 2 heterocycles. The molecule has 0 radical (unpaired) electrons. The van der Waals surface area contributed by atoms with E-state index < -0.39 is 0 Å². The quantitative estimate of drug-likeness (QED) is 0.356. The average molecular weight is 378 g/mol. The smallest absolute Gasteiger partial charge is 0.220 e. The van der Waals surface area contributed by atoms with Crippen LogP contribution in [-0.2, 0) is 0 Å². The minimum absolute atomic E-state index is 0.520. The molecule has 26 heavy (non-hydrogen) atoms. The topological polar surface area (TPSA) is 22.2 Å². The van der Waals surface area contributed by atoms with E-state index in [9.17, 15) is 0 Å². The first-order chi connectivity index (χ1) is 12.7. The Morgan fingerprint density at radius 2 is 1.54 bits per heavy atom. The zero-order valence-electron chi connectivity index (χ0n) is 13.6. The van der Waals surface area contributed by atoms with Crippen molar-refractivity contribution in [3.63, 3.8) is 0 Å². The number of imidazole rings is 2. The summed E-state index contributed by atoms with van der Waals surface area (Å²) in [5, 5.41) is 1.06. The van der Waals surface area contributed by atoms with E-state index in [-0.39, 0.29) is 0 Å². The fourth-order valence-electron chi connectivity index (χ4n) is 3.30. The maximum Gasteiger partial charge on any atom is 0.220 e. The van der Waals surface area contributed by atoms with Gasteiger partial charge in [0.05, 0.1) is 32.5 Å². The lowest BCUT2D eigenvalue weighted by atomic mass is 10.1. The Labute approximate surface area is 160 Å². The minimum Gasteiger partial charge on any atom is -0.283 e. The van der Waals surface area contributed by atoms with Gasteiger partial charge in [0.2, 0.25) is 5.78 Å². The van der Waals surface area contributed by atoms with Gasteiger partial charge in [0.1, 0.15) is 0 Å². The Morgan fingerprint density at radius 1 is 0.769 bits per heavy atom. The first-order valence-electron chi connectivity index (χ1n) is 8.22. The lowest BCUT2D eigenvalue weighted by molar-refractivity contribution is 1.08. The zero-order valence-corrected chi connectivity index (χ0v) is 15.1. The van der Waals surface area contributed by atoms with Gasteiger partial charge in [-0.15, -0.1) is 0 Å². The molecule has 0 aliphatic rings. The highest BCUT2D eigenvalue weighted by molar-refractivity contribution is 6.42.